The van der Waals surface area contributed by atoms with Crippen molar-refractivity contribution < 1.29 is 9.53 Å². The predicted molar refractivity (Wildman–Crippen MR) is 92.8 cm³/mol. The lowest BCUT2D eigenvalue weighted by Gasteiger charge is -2.05. The molecule has 1 heterocycles. The zero-order valence-corrected chi connectivity index (χ0v) is 13.9. The number of carbonyl (C=O) groups excluding carboxylic acids is 1. The van der Waals surface area contributed by atoms with Crippen LogP contribution in [0.25, 0.3) is 10.6 Å². The van der Waals surface area contributed by atoms with E-state index in [1.54, 1.807) is 0 Å². The van der Waals surface area contributed by atoms with E-state index in [9.17, 15) is 4.79 Å². The van der Waals surface area contributed by atoms with Crippen LogP contribution in [0.3, 0.4) is 0 Å². The van der Waals surface area contributed by atoms with Crippen molar-refractivity contribution >= 4 is 17.3 Å². The van der Waals surface area contributed by atoms with Crippen LogP contribution in [0.2, 0.25) is 0 Å². The molecule has 3 aromatic rings. The van der Waals surface area contributed by atoms with Gasteiger partial charge in [0.15, 0.2) is 0 Å². The van der Waals surface area contributed by atoms with E-state index in [1.165, 1.54) is 16.9 Å². The predicted octanol–water partition coefficient (Wildman–Crippen LogP) is 4.58. The van der Waals surface area contributed by atoms with E-state index in [0.717, 1.165) is 21.8 Å². The Bertz CT molecular complexity index is 824. The van der Waals surface area contributed by atoms with Crippen molar-refractivity contribution in [2.45, 2.75) is 20.3 Å². The molecule has 0 aliphatic rings. The van der Waals surface area contributed by atoms with Crippen LogP contribution < -0.4 is 4.74 Å². The molecule has 23 heavy (non-hydrogen) atoms. The fraction of sp³-hybridized carbons (Fsp3) is 0.158. The maximum atomic E-state index is 12.1. The maximum Gasteiger partial charge on any atom is 0.317 e. The molecule has 0 atom stereocenters. The summed E-state index contributed by atoms with van der Waals surface area (Å²) in [6.07, 6.45) is 0.177. The number of thiazole rings is 1. The normalized spacial score (nSPS) is 10.5. The third-order valence-corrected chi connectivity index (χ3v) is 4.55. The molecule has 0 bridgehead atoms. The van der Waals surface area contributed by atoms with Gasteiger partial charge in [0.05, 0.1) is 12.1 Å². The molecule has 0 amide bonds. The van der Waals surface area contributed by atoms with Gasteiger partial charge in [-0.1, -0.05) is 36.4 Å². The minimum absolute atomic E-state index is 0.177. The number of carbonyl (C=O) groups is 1. The SMILES string of the molecule is Cc1ccc(OC(=O)Cc2csc(-c3ccccc3)n2)cc1C. The Labute approximate surface area is 139 Å². The summed E-state index contributed by atoms with van der Waals surface area (Å²) < 4.78 is 5.39. The van der Waals surface area contributed by atoms with Gasteiger partial charge in [0, 0.05) is 10.9 Å². The smallest absolute Gasteiger partial charge is 0.317 e. The van der Waals surface area contributed by atoms with Crippen LogP contribution in [0.15, 0.2) is 53.9 Å². The first-order chi connectivity index (χ1) is 11.1. The quantitative estimate of drug-likeness (QED) is 0.521. The molecule has 0 aliphatic carbocycles. The number of esters is 1. The van der Waals surface area contributed by atoms with Gasteiger partial charge in [-0.3, -0.25) is 4.79 Å². The molecule has 0 unspecified atom stereocenters. The monoisotopic (exact) mass is 323 g/mol. The van der Waals surface area contributed by atoms with Crippen LogP contribution >= 0.6 is 11.3 Å². The highest BCUT2D eigenvalue weighted by atomic mass is 32.1. The average molecular weight is 323 g/mol. The van der Waals surface area contributed by atoms with Gasteiger partial charge in [-0.2, -0.15) is 0 Å². The lowest BCUT2D eigenvalue weighted by molar-refractivity contribution is -0.133. The zero-order valence-electron chi connectivity index (χ0n) is 13.1. The molecular formula is C19H17NO2S. The van der Waals surface area contributed by atoms with Crippen molar-refractivity contribution in [1.29, 1.82) is 0 Å². The highest BCUT2D eigenvalue weighted by molar-refractivity contribution is 7.13. The fourth-order valence-corrected chi connectivity index (χ4v) is 3.02. The van der Waals surface area contributed by atoms with Gasteiger partial charge in [0.2, 0.25) is 0 Å². The minimum atomic E-state index is -0.293. The molecule has 1 aromatic heterocycles. The molecule has 0 radical (unpaired) electrons. The number of hydrogen-bond acceptors (Lipinski definition) is 4. The van der Waals surface area contributed by atoms with Gasteiger partial charge in [-0.25, -0.2) is 4.98 Å². The molecule has 116 valence electrons. The Balaban J connectivity index is 1.66. The van der Waals surface area contributed by atoms with E-state index in [1.807, 2.05) is 67.8 Å². The van der Waals surface area contributed by atoms with E-state index in [4.69, 9.17) is 4.74 Å². The van der Waals surface area contributed by atoms with Gasteiger partial charge in [-0.15, -0.1) is 11.3 Å². The van der Waals surface area contributed by atoms with Crippen LogP contribution in [0.1, 0.15) is 16.8 Å². The topological polar surface area (TPSA) is 39.2 Å². The second-order valence-electron chi connectivity index (χ2n) is 5.41. The summed E-state index contributed by atoms with van der Waals surface area (Å²) in [5.74, 6) is 0.287. The summed E-state index contributed by atoms with van der Waals surface area (Å²) in [6, 6.07) is 15.6. The highest BCUT2D eigenvalue weighted by Crippen LogP contribution is 2.24. The molecule has 0 N–H and O–H groups in total. The number of benzene rings is 2. The van der Waals surface area contributed by atoms with Gasteiger partial charge >= 0.3 is 5.97 Å². The van der Waals surface area contributed by atoms with Gasteiger partial charge in [0.25, 0.3) is 0 Å². The van der Waals surface area contributed by atoms with Crippen LogP contribution in [-0.2, 0) is 11.2 Å². The molecule has 4 heteroatoms. The molecule has 0 aliphatic heterocycles. The number of hydrogen-bond donors (Lipinski definition) is 0. The van der Waals surface area contributed by atoms with Crippen LogP contribution in [-0.4, -0.2) is 11.0 Å². The maximum absolute atomic E-state index is 12.1. The average Bonchev–Trinajstić information content (AvgIpc) is 3.00. The number of aryl methyl sites for hydroxylation is 2. The summed E-state index contributed by atoms with van der Waals surface area (Å²) >= 11 is 1.54. The van der Waals surface area contributed by atoms with Crippen LogP contribution in [0.4, 0.5) is 0 Å². The number of rotatable bonds is 4. The summed E-state index contributed by atoms with van der Waals surface area (Å²) in [6.45, 7) is 4.03. The second kappa shape index (κ2) is 6.75. The molecule has 0 spiro atoms. The van der Waals surface area contributed by atoms with Crippen molar-refractivity contribution in [1.82, 2.24) is 4.98 Å². The van der Waals surface area contributed by atoms with Crippen molar-refractivity contribution in [3.63, 3.8) is 0 Å². The Morgan fingerprint density at radius 2 is 1.87 bits per heavy atom. The van der Waals surface area contributed by atoms with Gasteiger partial charge in [-0.05, 0) is 37.1 Å². The van der Waals surface area contributed by atoms with Gasteiger partial charge < -0.3 is 4.74 Å². The summed E-state index contributed by atoms with van der Waals surface area (Å²) in [7, 11) is 0. The van der Waals surface area contributed by atoms with E-state index in [-0.39, 0.29) is 12.4 Å². The Morgan fingerprint density at radius 3 is 2.61 bits per heavy atom. The Morgan fingerprint density at radius 1 is 1.09 bits per heavy atom. The molecular weight excluding hydrogens is 306 g/mol. The van der Waals surface area contributed by atoms with Gasteiger partial charge in [0.1, 0.15) is 10.8 Å². The lowest BCUT2D eigenvalue weighted by atomic mass is 10.1. The van der Waals surface area contributed by atoms with E-state index in [2.05, 4.69) is 4.98 Å². The number of aromatic nitrogens is 1. The molecule has 0 fully saturated rings. The van der Waals surface area contributed by atoms with E-state index >= 15 is 0 Å². The third kappa shape index (κ3) is 3.85. The molecule has 0 saturated carbocycles. The largest absolute Gasteiger partial charge is 0.426 e. The summed E-state index contributed by atoms with van der Waals surface area (Å²) in [4.78, 5) is 16.6. The molecule has 2 aromatic carbocycles. The summed E-state index contributed by atoms with van der Waals surface area (Å²) in [5, 5.41) is 2.82. The number of nitrogens with zero attached hydrogens (tertiary/aromatic N) is 1. The van der Waals surface area contributed by atoms with E-state index in [0.29, 0.717) is 5.75 Å². The fourth-order valence-electron chi connectivity index (χ4n) is 2.19. The van der Waals surface area contributed by atoms with Crippen molar-refractivity contribution in [3.8, 4) is 16.3 Å². The van der Waals surface area contributed by atoms with E-state index < -0.39 is 0 Å². The van der Waals surface area contributed by atoms with Crippen molar-refractivity contribution in [2.75, 3.05) is 0 Å². The first kappa shape index (κ1) is 15.4. The highest BCUT2D eigenvalue weighted by Gasteiger charge is 2.11. The number of ether oxygens (including phenoxy) is 1. The second-order valence-corrected chi connectivity index (χ2v) is 6.27. The molecule has 0 saturated heterocycles. The first-order valence-electron chi connectivity index (χ1n) is 7.39. The first-order valence-corrected chi connectivity index (χ1v) is 8.27. The molecule has 3 rings (SSSR count). The third-order valence-electron chi connectivity index (χ3n) is 3.61. The van der Waals surface area contributed by atoms with Crippen molar-refractivity contribution in [3.05, 3.63) is 70.7 Å². The minimum Gasteiger partial charge on any atom is -0.426 e. The van der Waals surface area contributed by atoms with Crippen LogP contribution in [0, 0.1) is 13.8 Å². The van der Waals surface area contributed by atoms with Crippen LogP contribution in [0.5, 0.6) is 5.75 Å². The Kier molecular flexibility index (Phi) is 4.53. The summed E-state index contributed by atoms with van der Waals surface area (Å²) in [5.41, 5.74) is 4.08. The molecule has 3 nitrogen and oxygen atoms in total. The lowest BCUT2D eigenvalue weighted by Crippen LogP contribution is -2.11. The van der Waals surface area contributed by atoms with Crippen molar-refractivity contribution in [2.24, 2.45) is 0 Å². The zero-order chi connectivity index (χ0) is 16.2. The standard InChI is InChI=1S/C19H17NO2S/c1-13-8-9-17(10-14(13)2)22-18(21)11-16-12-23-19(20-16)15-6-4-3-5-7-15/h3-10,12H,11H2,1-2H3. The Hall–Kier alpha value is -2.46.